The lowest BCUT2D eigenvalue weighted by Crippen LogP contribution is -2.26. The summed E-state index contributed by atoms with van der Waals surface area (Å²) in [4.78, 5) is 15.8. The van der Waals surface area contributed by atoms with Gasteiger partial charge >= 0.3 is 5.97 Å². The van der Waals surface area contributed by atoms with Crippen molar-refractivity contribution in [3.05, 3.63) is 54.0 Å². The van der Waals surface area contributed by atoms with Crippen LogP contribution < -0.4 is 0 Å². The van der Waals surface area contributed by atoms with Crippen LogP contribution in [0.2, 0.25) is 0 Å². The molecule has 1 saturated carbocycles. The lowest BCUT2D eigenvalue weighted by Gasteiger charge is -2.28. The van der Waals surface area contributed by atoms with Crippen LogP contribution in [0, 0.1) is 12.8 Å². The van der Waals surface area contributed by atoms with E-state index < -0.39 is 11.9 Å². The number of nitrogens with zero attached hydrogens (tertiary/aromatic N) is 5. The van der Waals surface area contributed by atoms with Crippen molar-refractivity contribution in [1.29, 1.82) is 0 Å². The van der Waals surface area contributed by atoms with Gasteiger partial charge in [0.05, 0.1) is 28.8 Å². The highest BCUT2D eigenvalue weighted by molar-refractivity contribution is 5.94. The number of alkyl halides is 2. The fraction of sp³-hybridized carbons (Fsp3) is 0.385. The van der Waals surface area contributed by atoms with E-state index in [0.717, 1.165) is 44.7 Å². The van der Waals surface area contributed by atoms with Gasteiger partial charge in [0.1, 0.15) is 0 Å². The minimum atomic E-state index is -2.56. The molecule has 35 heavy (non-hydrogen) atoms. The van der Waals surface area contributed by atoms with E-state index in [-0.39, 0.29) is 25.2 Å². The number of carboxylic acids is 1. The zero-order valence-corrected chi connectivity index (χ0v) is 19.7. The van der Waals surface area contributed by atoms with Gasteiger partial charge in [0.2, 0.25) is 5.92 Å². The molecular formula is C26H27F2N5O2. The molecule has 0 spiro atoms. The first-order chi connectivity index (χ1) is 16.7. The molecule has 5 rings (SSSR count). The number of aliphatic carboxylic acids is 1. The van der Waals surface area contributed by atoms with E-state index in [0.29, 0.717) is 19.4 Å². The molecule has 0 saturated heterocycles. The first-order valence-corrected chi connectivity index (χ1v) is 11.7. The summed E-state index contributed by atoms with van der Waals surface area (Å²) in [6.45, 7) is 2.54. The van der Waals surface area contributed by atoms with Gasteiger partial charge in [-0.05, 0) is 42.9 Å². The minimum Gasteiger partial charge on any atom is -0.481 e. The number of carbonyl (C=O) groups is 1. The molecule has 0 unspecified atom stereocenters. The van der Waals surface area contributed by atoms with Gasteiger partial charge in [-0.3, -0.25) is 9.78 Å². The highest BCUT2D eigenvalue weighted by Crippen LogP contribution is 2.38. The molecule has 1 aromatic carbocycles. The number of hydrogen-bond donors (Lipinski definition) is 1. The van der Waals surface area contributed by atoms with Crippen molar-refractivity contribution < 1.29 is 18.7 Å². The van der Waals surface area contributed by atoms with Crippen molar-refractivity contribution in [2.45, 2.75) is 51.5 Å². The second kappa shape index (κ2) is 8.87. The SMILES string of the molecule is Cc1nnn(C)c1-c1cnc2c(-c3ccc(CC(=O)O)cc3)cn(CC3CCC(F)(F)CC3)c2c1. The number of rotatable bonds is 6. The Bertz CT molecular complexity index is 1360. The number of carboxylic acid groups (broad SMARTS) is 1. The highest BCUT2D eigenvalue weighted by Gasteiger charge is 2.35. The average molecular weight is 480 g/mol. The van der Waals surface area contributed by atoms with Gasteiger partial charge in [-0.25, -0.2) is 13.5 Å². The van der Waals surface area contributed by atoms with Crippen molar-refractivity contribution >= 4 is 17.0 Å². The van der Waals surface area contributed by atoms with E-state index in [4.69, 9.17) is 10.1 Å². The molecule has 0 amide bonds. The predicted molar refractivity (Wildman–Crippen MR) is 128 cm³/mol. The van der Waals surface area contributed by atoms with Gasteiger partial charge in [-0.15, -0.1) is 5.10 Å². The maximum atomic E-state index is 13.7. The van der Waals surface area contributed by atoms with Crippen LogP contribution in [0.5, 0.6) is 0 Å². The summed E-state index contributed by atoms with van der Waals surface area (Å²) >= 11 is 0. The first kappa shape index (κ1) is 23.1. The van der Waals surface area contributed by atoms with Gasteiger partial charge in [0.25, 0.3) is 0 Å². The second-order valence-electron chi connectivity index (χ2n) is 9.50. The zero-order chi connectivity index (χ0) is 24.7. The monoisotopic (exact) mass is 479 g/mol. The summed E-state index contributed by atoms with van der Waals surface area (Å²) < 4.78 is 31.3. The van der Waals surface area contributed by atoms with Crippen LogP contribution in [0.3, 0.4) is 0 Å². The Morgan fingerprint density at radius 2 is 1.89 bits per heavy atom. The molecule has 1 aliphatic rings. The number of hydrogen-bond acceptors (Lipinski definition) is 4. The molecule has 0 bridgehead atoms. The third-order valence-corrected chi connectivity index (χ3v) is 6.90. The molecule has 4 aromatic rings. The molecular weight excluding hydrogens is 452 g/mol. The van der Waals surface area contributed by atoms with Crippen LogP contribution in [0.15, 0.2) is 42.7 Å². The Hall–Kier alpha value is -3.62. The standard InChI is InChI=1S/C26H27F2N5O2/c1-16-25(32(2)31-30-16)20-12-22-24(29-13-20)21(19-5-3-17(4-6-19)11-23(34)35)15-33(22)14-18-7-9-26(27,28)10-8-18/h3-6,12-13,15,18H,7-11,14H2,1-2H3,(H,34,35). The number of fused-ring (bicyclic) bond motifs is 1. The normalized spacial score (nSPS) is 16.1. The van der Waals surface area contributed by atoms with Gasteiger partial charge in [0, 0.05) is 50.0 Å². The second-order valence-corrected chi connectivity index (χ2v) is 9.50. The third-order valence-electron chi connectivity index (χ3n) is 6.90. The van der Waals surface area contributed by atoms with Crippen LogP contribution >= 0.6 is 0 Å². The summed E-state index contributed by atoms with van der Waals surface area (Å²) in [5.41, 5.74) is 6.88. The number of benzene rings is 1. The van der Waals surface area contributed by atoms with E-state index in [2.05, 4.69) is 20.9 Å². The average Bonchev–Trinajstić information content (AvgIpc) is 3.34. The van der Waals surface area contributed by atoms with Crippen molar-refractivity contribution in [1.82, 2.24) is 24.5 Å². The summed E-state index contributed by atoms with van der Waals surface area (Å²) in [6, 6.07) is 9.50. The van der Waals surface area contributed by atoms with Gasteiger partial charge in [0.15, 0.2) is 0 Å². The molecule has 1 N–H and O–H groups in total. The molecule has 7 nitrogen and oxygen atoms in total. The zero-order valence-electron chi connectivity index (χ0n) is 19.7. The quantitative estimate of drug-likeness (QED) is 0.408. The fourth-order valence-electron chi connectivity index (χ4n) is 5.05. The van der Waals surface area contributed by atoms with E-state index in [1.807, 2.05) is 50.6 Å². The molecule has 9 heteroatoms. The Labute approximate surface area is 201 Å². The Morgan fingerprint density at radius 3 is 2.51 bits per heavy atom. The molecule has 3 heterocycles. The van der Waals surface area contributed by atoms with Crippen molar-refractivity contribution in [2.24, 2.45) is 13.0 Å². The van der Waals surface area contributed by atoms with E-state index >= 15 is 0 Å². The van der Waals surface area contributed by atoms with E-state index in [1.165, 1.54) is 0 Å². The van der Waals surface area contributed by atoms with Crippen LogP contribution in [0.1, 0.15) is 36.9 Å². The summed E-state index contributed by atoms with van der Waals surface area (Å²) in [7, 11) is 1.84. The Kier molecular flexibility index (Phi) is 5.86. The van der Waals surface area contributed by atoms with Gasteiger partial charge in [-0.1, -0.05) is 29.5 Å². The molecule has 0 atom stereocenters. The maximum Gasteiger partial charge on any atom is 0.307 e. The Balaban J connectivity index is 1.56. The van der Waals surface area contributed by atoms with E-state index in [1.54, 1.807) is 4.68 Å². The molecule has 0 aliphatic heterocycles. The third kappa shape index (κ3) is 4.67. The minimum absolute atomic E-state index is 0.0337. The highest BCUT2D eigenvalue weighted by atomic mass is 19.3. The summed E-state index contributed by atoms with van der Waals surface area (Å²) in [6.07, 6.45) is 4.65. The maximum absolute atomic E-state index is 13.7. The van der Waals surface area contributed by atoms with Crippen molar-refractivity contribution in [3.63, 3.8) is 0 Å². The van der Waals surface area contributed by atoms with Crippen LogP contribution in [0.25, 0.3) is 33.4 Å². The van der Waals surface area contributed by atoms with Crippen molar-refractivity contribution in [2.75, 3.05) is 0 Å². The number of pyridine rings is 1. The molecule has 1 fully saturated rings. The fourth-order valence-corrected chi connectivity index (χ4v) is 5.05. The van der Waals surface area contributed by atoms with Crippen LogP contribution in [0.4, 0.5) is 8.78 Å². The predicted octanol–water partition coefficient (Wildman–Crippen LogP) is 5.26. The number of aryl methyl sites for hydroxylation is 2. The molecule has 3 aromatic heterocycles. The molecule has 0 radical (unpaired) electrons. The number of halogens is 2. The summed E-state index contributed by atoms with van der Waals surface area (Å²) in [5, 5.41) is 17.3. The van der Waals surface area contributed by atoms with Gasteiger partial charge < -0.3 is 9.67 Å². The van der Waals surface area contributed by atoms with Crippen molar-refractivity contribution in [3.8, 4) is 22.4 Å². The first-order valence-electron chi connectivity index (χ1n) is 11.7. The lowest BCUT2D eigenvalue weighted by molar-refractivity contribution is -0.136. The number of aromatic nitrogens is 5. The van der Waals surface area contributed by atoms with E-state index in [9.17, 15) is 13.6 Å². The summed E-state index contributed by atoms with van der Waals surface area (Å²) in [5.74, 6) is -3.27. The largest absolute Gasteiger partial charge is 0.481 e. The smallest absolute Gasteiger partial charge is 0.307 e. The van der Waals surface area contributed by atoms with Crippen LogP contribution in [-0.2, 0) is 24.8 Å². The lowest BCUT2D eigenvalue weighted by atomic mass is 9.87. The topological polar surface area (TPSA) is 85.8 Å². The van der Waals surface area contributed by atoms with Crippen LogP contribution in [-0.4, -0.2) is 41.5 Å². The molecule has 1 aliphatic carbocycles. The Morgan fingerprint density at radius 1 is 1.17 bits per heavy atom. The van der Waals surface area contributed by atoms with Gasteiger partial charge in [-0.2, -0.15) is 0 Å². The molecule has 182 valence electrons.